The maximum Gasteiger partial charge on any atom is 0.264 e. The highest BCUT2D eigenvalue weighted by Crippen LogP contribution is 2.25. The Labute approximate surface area is 96.2 Å². The molecule has 0 aromatic heterocycles. The van der Waals surface area contributed by atoms with Crippen LogP contribution in [0.3, 0.4) is 0 Å². The zero-order valence-electron chi connectivity index (χ0n) is 9.25. The van der Waals surface area contributed by atoms with Crippen LogP contribution in [0.25, 0.3) is 0 Å². The lowest BCUT2D eigenvalue weighted by Gasteiger charge is -2.29. The molecule has 1 saturated carbocycles. The van der Waals surface area contributed by atoms with Crippen LogP contribution in [0.1, 0.15) is 25.7 Å². The maximum absolute atomic E-state index is 11.0. The predicted octanol–water partition coefficient (Wildman–Crippen LogP) is 0.250. The summed E-state index contributed by atoms with van der Waals surface area (Å²) in [4.78, 5) is 0. The first kappa shape index (κ1) is 13.9. The molecule has 0 aliphatic heterocycles. The van der Waals surface area contributed by atoms with Crippen molar-refractivity contribution in [2.75, 3.05) is 12.5 Å². The van der Waals surface area contributed by atoms with Gasteiger partial charge in [-0.15, -0.1) is 0 Å². The van der Waals surface area contributed by atoms with Crippen LogP contribution in [0.15, 0.2) is 0 Å². The summed E-state index contributed by atoms with van der Waals surface area (Å²) < 4.78 is 53.6. The van der Waals surface area contributed by atoms with Crippen molar-refractivity contribution < 1.29 is 25.2 Å². The molecule has 1 aliphatic rings. The van der Waals surface area contributed by atoms with E-state index >= 15 is 0 Å². The van der Waals surface area contributed by atoms with Gasteiger partial charge in [0.1, 0.15) is 12.2 Å². The molecule has 0 spiro atoms. The quantitative estimate of drug-likeness (QED) is 0.682. The van der Waals surface area contributed by atoms with Crippen LogP contribution in [0.4, 0.5) is 0 Å². The average Bonchev–Trinajstić information content (AvgIpc) is 2.03. The van der Waals surface area contributed by atoms with Gasteiger partial charge < -0.3 is 0 Å². The molecule has 0 radical (unpaired) electrons. The summed E-state index contributed by atoms with van der Waals surface area (Å²) in [5.74, 6) is 0. The van der Waals surface area contributed by atoms with Gasteiger partial charge in [-0.3, -0.25) is 8.37 Å². The van der Waals surface area contributed by atoms with Gasteiger partial charge in [-0.25, -0.2) is 0 Å². The Morgan fingerprint density at radius 3 is 1.38 bits per heavy atom. The van der Waals surface area contributed by atoms with Gasteiger partial charge in [-0.05, 0) is 12.8 Å². The van der Waals surface area contributed by atoms with E-state index in [1.807, 2.05) is 0 Å². The van der Waals surface area contributed by atoms with E-state index in [0.29, 0.717) is 12.8 Å². The fourth-order valence-corrected chi connectivity index (χ4v) is 3.07. The summed E-state index contributed by atoms with van der Waals surface area (Å²) in [6.45, 7) is 0. The molecule has 8 heteroatoms. The van der Waals surface area contributed by atoms with Gasteiger partial charge in [0.2, 0.25) is 0 Å². The lowest BCUT2D eigenvalue weighted by Crippen LogP contribution is -2.37. The first-order valence-electron chi connectivity index (χ1n) is 4.94. The van der Waals surface area contributed by atoms with Crippen molar-refractivity contribution in [3.05, 3.63) is 0 Å². The average molecular weight is 272 g/mol. The molecule has 96 valence electrons. The zero-order chi connectivity index (χ0) is 12.4. The van der Waals surface area contributed by atoms with Gasteiger partial charge in [0.15, 0.2) is 0 Å². The van der Waals surface area contributed by atoms with Crippen LogP contribution in [0.2, 0.25) is 0 Å². The highest BCUT2D eigenvalue weighted by molar-refractivity contribution is 7.86. The molecule has 2 atom stereocenters. The van der Waals surface area contributed by atoms with Crippen LogP contribution >= 0.6 is 0 Å². The van der Waals surface area contributed by atoms with Crippen molar-refractivity contribution in [1.29, 1.82) is 0 Å². The van der Waals surface area contributed by atoms with Crippen LogP contribution in [0.5, 0.6) is 0 Å². The van der Waals surface area contributed by atoms with E-state index in [0.717, 1.165) is 25.4 Å². The lowest BCUT2D eigenvalue weighted by molar-refractivity contribution is 0.0323. The highest BCUT2D eigenvalue weighted by Gasteiger charge is 2.32. The summed E-state index contributed by atoms with van der Waals surface area (Å²) in [7, 11) is -7.17. The Bertz CT molecular complexity index is 381. The van der Waals surface area contributed by atoms with Crippen molar-refractivity contribution in [2.24, 2.45) is 0 Å². The second-order valence-electron chi connectivity index (χ2n) is 3.96. The van der Waals surface area contributed by atoms with Crippen LogP contribution < -0.4 is 0 Å². The molecule has 0 N–H and O–H groups in total. The van der Waals surface area contributed by atoms with Gasteiger partial charge >= 0.3 is 0 Å². The molecule has 0 aromatic rings. The first-order valence-corrected chi connectivity index (χ1v) is 8.57. The van der Waals surface area contributed by atoms with Crippen molar-refractivity contribution in [2.45, 2.75) is 37.9 Å². The Morgan fingerprint density at radius 1 is 0.812 bits per heavy atom. The van der Waals surface area contributed by atoms with E-state index in [-0.39, 0.29) is 0 Å². The molecule has 6 nitrogen and oxygen atoms in total. The van der Waals surface area contributed by atoms with Crippen molar-refractivity contribution in [1.82, 2.24) is 0 Å². The fourth-order valence-electron chi connectivity index (χ4n) is 1.73. The van der Waals surface area contributed by atoms with Crippen LogP contribution in [0, 0.1) is 0 Å². The summed E-state index contributed by atoms with van der Waals surface area (Å²) in [6, 6.07) is 0. The first-order chi connectivity index (χ1) is 7.17. The molecule has 0 unspecified atom stereocenters. The fraction of sp³-hybridized carbons (Fsp3) is 1.00. The topological polar surface area (TPSA) is 86.7 Å². The molecule has 1 aliphatic carbocycles. The molecule has 0 amide bonds. The Morgan fingerprint density at radius 2 is 1.12 bits per heavy atom. The SMILES string of the molecule is CS(=O)(=O)O[C@H]1CCCC[C@@H]1OS(C)(=O)=O. The smallest absolute Gasteiger partial charge is 0.264 e. The highest BCUT2D eigenvalue weighted by atomic mass is 32.2. The maximum atomic E-state index is 11.0. The lowest BCUT2D eigenvalue weighted by atomic mass is 9.95. The Hall–Kier alpha value is -0.180. The molecule has 0 heterocycles. The standard InChI is InChI=1S/C8H16O6S2/c1-15(9,10)13-7-5-3-4-6-8(7)14-16(2,11)12/h7-8H,3-6H2,1-2H3/t7-,8-/m0/s1. The Kier molecular flexibility index (Phi) is 4.33. The molecule has 16 heavy (non-hydrogen) atoms. The Balaban J connectivity index is 2.72. The van der Waals surface area contributed by atoms with Gasteiger partial charge in [0.25, 0.3) is 20.2 Å². The summed E-state index contributed by atoms with van der Waals surface area (Å²) in [5, 5.41) is 0. The third kappa shape index (κ3) is 5.24. The molecule has 0 saturated heterocycles. The van der Waals surface area contributed by atoms with Crippen molar-refractivity contribution in [3.63, 3.8) is 0 Å². The van der Waals surface area contributed by atoms with E-state index in [1.54, 1.807) is 0 Å². The summed E-state index contributed by atoms with van der Waals surface area (Å²) in [6.07, 6.45) is 3.10. The van der Waals surface area contributed by atoms with E-state index < -0.39 is 32.4 Å². The van der Waals surface area contributed by atoms with Gasteiger partial charge in [0.05, 0.1) is 12.5 Å². The monoisotopic (exact) mass is 272 g/mol. The molecular formula is C8H16O6S2. The minimum absolute atomic E-state index is 0.493. The van der Waals surface area contributed by atoms with E-state index in [9.17, 15) is 16.8 Å². The number of hydrogen-bond acceptors (Lipinski definition) is 6. The van der Waals surface area contributed by atoms with Crippen molar-refractivity contribution in [3.8, 4) is 0 Å². The largest absolute Gasteiger partial charge is 0.264 e. The molecule has 0 bridgehead atoms. The minimum atomic E-state index is -3.59. The van der Waals surface area contributed by atoms with Gasteiger partial charge in [0, 0.05) is 0 Å². The molecular weight excluding hydrogens is 256 g/mol. The zero-order valence-corrected chi connectivity index (χ0v) is 10.9. The minimum Gasteiger partial charge on any atom is -0.264 e. The van der Waals surface area contributed by atoms with Crippen LogP contribution in [-0.4, -0.2) is 41.6 Å². The predicted molar refractivity (Wildman–Crippen MR) is 57.9 cm³/mol. The van der Waals surface area contributed by atoms with Crippen LogP contribution in [-0.2, 0) is 28.6 Å². The third-order valence-electron chi connectivity index (χ3n) is 2.24. The number of hydrogen-bond donors (Lipinski definition) is 0. The second-order valence-corrected chi connectivity index (χ2v) is 7.16. The third-order valence-corrected chi connectivity index (χ3v) is 3.43. The van der Waals surface area contributed by atoms with Gasteiger partial charge in [-0.2, -0.15) is 16.8 Å². The normalized spacial score (nSPS) is 27.9. The van der Waals surface area contributed by atoms with E-state index in [4.69, 9.17) is 8.37 Å². The van der Waals surface area contributed by atoms with Crippen molar-refractivity contribution >= 4 is 20.2 Å². The second kappa shape index (κ2) is 4.99. The summed E-state index contributed by atoms with van der Waals surface area (Å²) in [5.41, 5.74) is 0. The number of rotatable bonds is 4. The molecule has 1 rings (SSSR count). The molecule has 1 fully saturated rings. The molecule has 0 aromatic carbocycles. The summed E-state index contributed by atoms with van der Waals surface area (Å²) >= 11 is 0. The van der Waals surface area contributed by atoms with E-state index in [2.05, 4.69) is 0 Å². The van der Waals surface area contributed by atoms with Gasteiger partial charge in [-0.1, -0.05) is 12.8 Å². The van der Waals surface area contributed by atoms with E-state index in [1.165, 1.54) is 0 Å².